The number of carbonyl (C=O) groups is 3. The number of halogens is 3. The van der Waals surface area contributed by atoms with Crippen LogP contribution in [-0.4, -0.2) is 32.2 Å². The number of amides is 1. The standard InChI is InChI=1S/C20H17F3N4O5/c1-3-13-14(16(29)17(24)30)15-18(25-9-26-19(15)32-31-10(2)28)27(13)8-11-5-4-6-12(7-11)20(21,22)23/h4-7,9H,3,8H2,1-2H3,(H2,24,30). The highest BCUT2D eigenvalue weighted by atomic mass is 19.4. The normalized spacial score (nSPS) is 11.4. The van der Waals surface area contributed by atoms with Gasteiger partial charge in [-0.05, 0) is 24.1 Å². The van der Waals surface area contributed by atoms with Crippen molar-refractivity contribution in [3.8, 4) is 5.88 Å². The van der Waals surface area contributed by atoms with E-state index >= 15 is 0 Å². The highest BCUT2D eigenvalue weighted by Gasteiger charge is 2.32. The van der Waals surface area contributed by atoms with Gasteiger partial charge in [0, 0.05) is 19.2 Å². The lowest BCUT2D eigenvalue weighted by molar-refractivity contribution is -0.211. The first-order valence-corrected chi connectivity index (χ1v) is 9.26. The highest BCUT2D eigenvalue weighted by molar-refractivity contribution is 6.45. The summed E-state index contributed by atoms with van der Waals surface area (Å²) in [6.07, 6.45) is -3.29. The van der Waals surface area contributed by atoms with Gasteiger partial charge in [-0.1, -0.05) is 19.1 Å². The maximum atomic E-state index is 13.1. The Labute approximate surface area is 178 Å². The van der Waals surface area contributed by atoms with Crippen LogP contribution in [0.4, 0.5) is 13.2 Å². The number of hydrogen-bond donors (Lipinski definition) is 1. The molecule has 0 atom stereocenters. The van der Waals surface area contributed by atoms with E-state index in [9.17, 15) is 27.6 Å². The number of nitrogens with zero attached hydrogens (tertiary/aromatic N) is 3. The largest absolute Gasteiger partial charge is 0.416 e. The third-order valence-electron chi connectivity index (χ3n) is 4.53. The summed E-state index contributed by atoms with van der Waals surface area (Å²) >= 11 is 0. The van der Waals surface area contributed by atoms with Crippen molar-refractivity contribution in [2.75, 3.05) is 0 Å². The number of benzene rings is 1. The second-order valence-corrected chi connectivity index (χ2v) is 6.69. The molecule has 0 spiro atoms. The summed E-state index contributed by atoms with van der Waals surface area (Å²) in [6.45, 7) is 2.64. The van der Waals surface area contributed by atoms with E-state index in [0.29, 0.717) is 0 Å². The Kier molecular flexibility index (Phi) is 6.14. The van der Waals surface area contributed by atoms with Crippen LogP contribution in [-0.2, 0) is 33.6 Å². The fraction of sp³-hybridized carbons (Fsp3) is 0.250. The minimum Gasteiger partial charge on any atom is -0.363 e. The molecule has 0 fully saturated rings. The Bertz CT molecular complexity index is 1220. The minimum absolute atomic E-state index is 0.0543. The first-order chi connectivity index (χ1) is 15.0. The molecule has 3 aromatic rings. The van der Waals surface area contributed by atoms with Crippen molar-refractivity contribution in [3.05, 3.63) is 53.0 Å². The lowest BCUT2D eigenvalue weighted by atomic mass is 10.1. The van der Waals surface area contributed by atoms with Gasteiger partial charge in [0.25, 0.3) is 17.6 Å². The molecule has 12 heteroatoms. The second-order valence-electron chi connectivity index (χ2n) is 6.69. The maximum Gasteiger partial charge on any atom is 0.416 e. The van der Waals surface area contributed by atoms with Gasteiger partial charge in [-0.3, -0.25) is 14.5 Å². The van der Waals surface area contributed by atoms with Gasteiger partial charge in [0.15, 0.2) is 0 Å². The Hall–Kier alpha value is -3.96. The monoisotopic (exact) mass is 450 g/mol. The molecule has 1 aromatic carbocycles. The molecule has 168 valence electrons. The minimum atomic E-state index is -4.54. The van der Waals surface area contributed by atoms with E-state index in [0.717, 1.165) is 25.4 Å². The molecule has 0 aliphatic heterocycles. The van der Waals surface area contributed by atoms with E-state index in [4.69, 9.17) is 10.6 Å². The lowest BCUT2D eigenvalue weighted by Crippen LogP contribution is -2.24. The maximum absolute atomic E-state index is 13.1. The summed E-state index contributed by atoms with van der Waals surface area (Å²) in [5.41, 5.74) is 4.80. The van der Waals surface area contributed by atoms with Crippen molar-refractivity contribution in [2.24, 2.45) is 5.73 Å². The molecule has 32 heavy (non-hydrogen) atoms. The van der Waals surface area contributed by atoms with Crippen molar-refractivity contribution < 1.29 is 37.3 Å². The first kappa shape index (κ1) is 22.7. The fourth-order valence-electron chi connectivity index (χ4n) is 3.29. The summed E-state index contributed by atoms with van der Waals surface area (Å²) in [6, 6.07) is 4.65. The molecule has 0 saturated heterocycles. The van der Waals surface area contributed by atoms with Gasteiger partial charge in [-0.2, -0.15) is 18.2 Å². The zero-order chi connectivity index (χ0) is 23.6. The molecular weight excluding hydrogens is 433 g/mol. The van der Waals surface area contributed by atoms with Crippen molar-refractivity contribution in [1.29, 1.82) is 0 Å². The van der Waals surface area contributed by atoms with E-state index in [2.05, 4.69) is 14.9 Å². The Balaban J connectivity index is 2.24. The van der Waals surface area contributed by atoms with Gasteiger partial charge in [0.05, 0.1) is 16.5 Å². The molecule has 3 rings (SSSR count). The molecule has 0 bridgehead atoms. The van der Waals surface area contributed by atoms with Crippen LogP contribution in [0.25, 0.3) is 11.0 Å². The van der Waals surface area contributed by atoms with Crippen LogP contribution in [0.2, 0.25) is 0 Å². The highest BCUT2D eigenvalue weighted by Crippen LogP contribution is 2.34. The van der Waals surface area contributed by atoms with Gasteiger partial charge < -0.3 is 10.3 Å². The zero-order valence-corrected chi connectivity index (χ0v) is 16.9. The molecule has 0 saturated carbocycles. The summed E-state index contributed by atoms with van der Waals surface area (Å²) in [4.78, 5) is 52.8. The van der Waals surface area contributed by atoms with Crippen LogP contribution in [0.1, 0.15) is 41.0 Å². The number of ketones is 1. The summed E-state index contributed by atoms with van der Waals surface area (Å²) in [5.74, 6) is -3.47. The van der Waals surface area contributed by atoms with Gasteiger partial charge in [-0.15, -0.1) is 0 Å². The molecule has 9 nitrogen and oxygen atoms in total. The smallest absolute Gasteiger partial charge is 0.363 e. The third-order valence-corrected chi connectivity index (χ3v) is 4.53. The molecule has 2 heterocycles. The SMILES string of the molecule is CCc1c(C(=O)C(N)=O)c2c(OOC(C)=O)ncnc2n1Cc1cccc(C(F)(F)F)c1. The lowest BCUT2D eigenvalue weighted by Gasteiger charge is -2.12. The van der Waals surface area contributed by atoms with Crippen molar-refractivity contribution in [1.82, 2.24) is 14.5 Å². The van der Waals surface area contributed by atoms with E-state index in [1.807, 2.05) is 0 Å². The predicted octanol–water partition coefficient (Wildman–Crippen LogP) is 2.59. The quantitative estimate of drug-likeness (QED) is 0.254. The van der Waals surface area contributed by atoms with Crippen molar-refractivity contribution in [2.45, 2.75) is 33.0 Å². The topological polar surface area (TPSA) is 126 Å². The Morgan fingerprint density at radius 1 is 1.19 bits per heavy atom. The van der Waals surface area contributed by atoms with Gasteiger partial charge in [0.1, 0.15) is 12.0 Å². The first-order valence-electron chi connectivity index (χ1n) is 9.26. The van der Waals surface area contributed by atoms with Crippen molar-refractivity contribution in [3.63, 3.8) is 0 Å². The molecular formula is C20H17F3N4O5. The van der Waals surface area contributed by atoms with Gasteiger partial charge in [0.2, 0.25) is 0 Å². The Morgan fingerprint density at radius 3 is 2.50 bits per heavy atom. The number of Topliss-reactive ketones (excluding diaryl/α,β-unsaturated/α-hetero) is 1. The fourth-order valence-corrected chi connectivity index (χ4v) is 3.29. The van der Waals surface area contributed by atoms with E-state index in [1.54, 1.807) is 6.92 Å². The number of hydrogen-bond acceptors (Lipinski definition) is 7. The Morgan fingerprint density at radius 2 is 1.91 bits per heavy atom. The van der Waals surface area contributed by atoms with Crippen LogP contribution < -0.4 is 10.6 Å². The number of carbonyl (C=O) groups excluding carboxylic acids is 3. The summed E-state index contributed by atoms with van der Waals surface area (Å²) in [5, 5.41) is -0.0543. The third kappa shape index (κ3) is 4.38. The number of fused-ring (bicyclic) bond motifs is 1. The molecule has 0 aliphatic carbocycles. The number of alkyl halides is 3. The molecule has 0 unspecified atom stereocenters. The van der Waals surface area contributed by atoms with Gasteiger partial charge >= 0.3 is 12.1 Å². The molecule has 1 amide bonds. The van der Waals surface area contributed by atoms with Crippen LogP contribution in [0, 0.1) is 0 Å². The van der Waals surface area contributed by atoms with Crippen molar-refractivity contribution >= 4 is 28.7 Å². The average molecular weight is 450 g/mol. The molecule has 0 aliphatic rings. The number of aromatic nitrogens is 3. The van der Waals surface area contributed by atoms with Crippen LogP contribution >= 0.6 is 0 Å². The van der Waals surface area contributed by atoms with Crippen LogP contribution in [0.3, 0.4) is 0 Å². The van der Waals surface area contributed by atoms with Crippen LogP contribution in [0.5, 0.6) is 5.88 Å². The average Bonchev–Trinajstić information content (AvgIpc) is 3.04. The van der Waals surface area contributed by atoms with E-state index in [-0.39, 0.29) is 46.7 Å². The summed E-state index contributed by atoms with van der Waals surface area (Å²) in [7, 11) is 0. The number of rotatable bonds is 7. The van der Waals surface area contributed by atoms with Gasteiger partial charge in [-0.25, -0.2) is 14.7 Å². The molecule has 2 aromatic heterocycles. The number of primary amides is 1. The zero-order valence-electron chi connectivity index (χ0n) is 16.9. The number of nitrogens with two attached hydrogens (primary N) is 1. The van der Waals surface area contributed by atoms with E-state index < -0.39 is 29.4 Å². The molecule has 2 N–H and O–H groups in total. The van der Waals surface area contributed by atoms with Crippen LogP contribution in [0.15, 0.2) is 30.6 Å². The summed E-state index contributed by atoms with van der Waals surface area (Å²) < 4.78 is 40.8. The predicted molar refractivity (Wildman–Crippen MR) is 103 cm³/mol. The second kappa shape index (κ2) is 8.65. The van der Waals surface area contributed by atoms with E-state index in [1.165, 1.54) is 16.7 Å². The molecule has 0 radical (unpaired) electrons.